The number of hydrogen-bond donors (Lipinski definition) is 3. The molecule has 0 aromatic heterocycles. The maximum Gasteiger partial charge on any atom is 0.353 e. The number of aliphatic hydroxyl groups is 1. The largest absolute Gasteiger partial charge is 0.477 e. The molecule has 2 amide bonds. The molecule has 0 aliphatic carbocycles. The molecule has 3 rings (SSSR count). The van der Waals surface area contributed by atoms with Crippen LogP contribution in [0.5, 0.6) is 0 Å². The van der Waals surface area contributed by atoms with Gasteiger partial charge in [-0.15, -0.1) is 0 Å². The summed E-state index contributed by atoms with van der Waals surface area (Å²) in [6, 6.07) is 5.30. The molecule has 176 valence electrons. The van der Waals surface area contributed by atoms with Gasteiger partial charge in [-0.1, -0.05) is 23.9 Å². The number of hydrogen-bond acceptors (Lipinski definition) is 7. The minimum absolute atomic E-state index is 0.0614. The molecule has 1 unspecified atom stereocenters. The van der Waals surface area contributed by atoms with Crippen molar-refractivity contribution in [1.29, 1.82) is 0 Å². The third kappa shape index (κ3) is 4.93. The SMILES string of the molecule is CC(C)NC(=O)/C=C\SC1=C(C(=O)O)N2C(=O)[C@@H]([C@H](C)O)[C@@H]2C1Cc1ccc([N+](=O)[O-])cc1. The number of non-ortho nitro benzene ring substituents is 1. The van der Waals surface area contributed by atoms with Gasteiger partial charge in [-0.3, -0.25) is 19.7 Å². The topological polar surface area (TPSA) is 150 Å². The fourth-order valence-electron chi connectivity index (χ4n) is 4.24. The van der Waals surface area contributed by atoms with E-state index in [0.29, 0.717) is 11.3 Å². The van der Waals surface area contributed by atoms with Crippen LogP contribution in [0.1, 0.15) is 26.3 Å². The zero-order valence-electron chi connectivity index (χ0n) is 18.3. The lowest BCUT2D eigenvalue weighted by atomic mass is 9.76. The van der Waals surface area contributed by atoms with Crippen LogP contribution in [0.2, 0.25) is 0 Å². The highest BCUT2D eigenvalue weighted by molar-refractivity contribution is 8.05. The van der Waals surface area contributed by atoms with Crippen molar-refractivity contribution in [2.45, 2.75) is 45.4 Å². The van der Waals surface area contributed by atoms with E-state index in [-0.39, 0.29) is 23.3 Å². The fourth-order valence-corrected chi connectivity index (χ4v) is 5.27. The third-order valence-electron chi connectivity index (χ3n) is 5.58. The highest BCUT2D eigenvalue weighted by Crippen LogP contribution is 2.52. The van der Waals surface area contributed by atoms with Crippen LogP contribution in [-0.4, -0.2) is 56.0 Å². The van der Waals surface area contributed by atoms with Gasteiger partial charge in [0.2, 0.25) is 11.8 Å². The Kier molecular flexibility index (Phi) is 7.23. The molecule has 1 aromatic carbocycles. The summed E-state index contributed by atoms with van der Waals surface area (Å²) in [5.41, 5.74) is 0.496. The average Bonchev–Trinajstić information content (AvgIpc) is 2.97. The predicted octanol–water partition coefficient (Wildman–Crippen LogP) is 2.04. The molecule has 1 saturated heterocycles. The smallest absolute Gasteiger partial charge is 0.353 e. The summed E-state index contributed by atoms with van der Waals surface area (Å²) in [6.45, 7) is 5.12. The van der Waals surface area contributed by atoms with Crippen molar-refractivity contribution < 1.29 is 29.5 Å². The lowest BCUT2D eigenvalue weighted by molar-refractivity contribution is -0.384. The van der Waals surface area contributed by atoms with E-state index in [1.807, 2.05) is 13.8 Å². The average molecular weight is 476 g/mol. The first-order valence-electron chi connectivity index (χ1n) is 10.4. The summed E-state index contributed by atoms with van der Waals surface area (Å²) >= 11 is 1.05. The standard InChI is InChI=1S/C22H25N3O7S/c1-11(2)23-16(27)8-9-33-20-15(10-13-4-6-14(7-5-13)25(31)32)18-17(12(3)26)21(28)24(18)19(20)22(29)30/h4-9,11-12,15,17-18,26H,10H2,1-3H3,(H,23,27)(H,29,30)/b9-8-/t12-,15?,17-,18-/m0/s1. The van der Waals surface area contributed by atoms with E-state index < -0.39 is 40.8 Å². The number of carboxylic acid groups (broad SMARTS) is 1. The molecular formula is C22H25N3O7S. The van der Waals surface area contributed by atoms with Crippen molar-refractivity contribution in [1.82, 2.24) is 10.2 Å². The minimum atomic E-state index is -1.27. The van der Waals surface area contributed by atoms with E-state index in [0.717, 1.165) is 17.3 Å². The zero-order valence-corrected chi connectivity index (χ0v) is 19.1. The van der Waals surface area contributed by atoms with Gasteiger partial charge < -0.3 is 20.4 Å². The number of carboxylic acids is 1. The maximum atomic E-state index is 12.7. The minimum Gasteiger partial charge on any atom is -0.477 e. The Morgan fingerprint density at radius 2 is 1.91 bits per heavy atom. The highest BCUT2D eigenvalue weighted by atomic mass is 32.2. The number of carbonyl (C=O) groups is 3. The van der Waals surface area contributed by atoms with Crippen molar-refractivity contribution in [3.05, 3.63) is 62.0 Å². The number of carbonyl (C=O) groups excluding carboxylic acids is 2. The maximum absolute atomic E-state index is 12.7. The van der Waals surface area contributed by atoms with Gasteiger partial charge in [0.1, 0.15) is 5.70 Å². The van der Waals surface area contributed by atoms with Crippen molar-refractivity contribution in [2.24, 2.45) is 11.8 Å². The summed E-state index contributed by atoms with van der Waals surface area (Å²) in [5, 5.41) is 35.1. The second kappa shape index (κ2) is 9.75. The van der Waals surface area contributed by atoms with E-state index in [1.54, 1.807) is 12.1 Å². The first-order valence-corrected chi connectivity index (χ1v) is 11.3. The first kappa shape index (κ1) is 24.5. The second-order valence-electron chi connectivity index (χ2n) is 8.30. The number of benzene rings is 1. The van der Waals surface area contributed by atoms with E-state index in [2.05, 4.69) is 5.32 Å². The van der Waals surface area contributed by atoms with Gasteiger partial charge in [0.25, 0.3) is 5.69 Å². The number of amides is 2. The van der Waals surface area contributed by atoms with Crippen LogP contribution in [0.25, 0.3) is 0 Å². The summed E-state index contributed by atoms with van der Waals surface area (Å²) < 4.78 is 0. The number of aliphatic hydroxyl groups excluding tert-OH is 1. The lowest BCUT2D eigenvalue weighted by Crippen LogP contribution is -2.64. The van der Waals surface area contributed by atoms with Crippen molar-refractivity contribution in [3.63, 3.8) is 0 Å². The number of nitrogens with one attached hydrogen (secondary N) is 1. The Hall–Kier alpha value is -3.18. The summed E-state index contributed by atoms with van der Waals surface area (Å²) in [5.74, 6) is -3.28. The number of β-lactam (4-membered cyclic amide) rings is 1. The van der Waals surface area contributed by atoms with Gasteiger partial charge in [-0.2, -0.15) is 0 Å². The highest BCUT2D eigenvalue weighted by Gasteiger charge is 2.61. The predicted molar refractivity (Wildman–Crippen MR) is 121 cm³/mol. The number of rotatable bonds is 9. The van der Waals surface area contributed by atoms with Gasteiger partial charge >= 0.3 is 5.97 Å². The molecular weight excluding hydrogens is 450 g/mol. The Bertz CT molecular complexity index is 1030. The fraction of sp³-hybridized carbons (Fsp3) is 0.409. The number of aliphatic carboxylic acids is 1. The van der Waals surface area contributed by atoms with Crippen molar-refractivity contribution in [3.8, 4) is 0 Å². The number of nitro benzene ring substituents is 1. The zero-order chi connectivity index (χ0) is 24.4. The third-order valence-corrected chi connectivity index (χ3v) is 6.60. The molecule has 11 heteroatoms. The Labute approximate surface area is 194 Å². The van der Waals surface area contributed by atoms with Gasteiger partial charge in [0.05, 0.1) is 23.0 Å². The molecule has 0 spiro atoms. The molecule has 2 heterocycles. The molecule has 2 aliphatic heterocycles. The normalized spacial score (nSPS) is 23.0. The first-order chi connectivity index (χ1) is 15.5. The second-order valence-corrected chi connectivity index (χ2v) is 9.25. The van der Waals surface area contributed by atoms with Crippen LogP contribution < -0.4 is 5.32 Å². The summed E-state index contributed by atoms with van der Waals surface area (Å²) in [7, 11) is 0. The lowest BCUT2D eigenvalue weighted by Gasteiger charge is -2.47. The van der Waals surface area contributed by atoms with Gasteiger partial charge in [-0.05, 0) is 38.2 Å². The molecule has 2 aliphatic rings. The number of thioether (sulfide) groups is 1. The van der Waals surface area contributed by atoms with Crippen LogP contribution in [-0.2, 0) is 20.8 Å². The van der Waals surface area contributed by atoms with Crippen LogP contribution in [0.15, 0.2) is 46.4 Å². The molecule has 1 fully saturated rings. The Balaban J connectivity index is 1.94. The monoisotopic (exact) mass is 475 g/mol. The van der Waals surface area contributed by atoms with Crippen LogP contribution >= 0.6 is 11.8 Å². The molecule has 0 bridgehead atoms. The van der Waals surface area contributed by atoms with E-state index in [9.17, 15) is 34.7 Å². The van der Waals surface area contributed by atoms with Crippen molar-refractivity contribution in [2.75, 3.05) is 0 Å². The Morgan fingerprint density at radius 1 is 1.27 bits per heavy atom. The molecule has 0 saturated carbocycles. The van der Waals surface area contributed by atoms with Gasteiger partial charge in [0.15, 0.2) is 0 Å². The van der Waals surface area contributed by atoms with Gasteiger partial charge in [0, 0.05) is 35.1 Å². The molecule has 33 heavy (non-hydrogen) atoms. The van der Waals surface area contributed by atoms with E-state index in [4.69, 9.17) is 0 Å². The quantitative estimate of drug-likeness (QED) is 0.213. The number of nitro groups is 1. The van der Waals surface area contributed by atoms with Crippen LogP contribution in [0.4, 0.5) is 5.69 Å². The van der Waals surface area contributed by atoms with E-state index in [1.165, 1.54) is 35.4 Å². The van der Waals surface area contributed by atoms with E-state index >= 15 is 0 Å². The molecule has 3 N–H and O–H groups in total. The Morgan fingerprint density at radius 3 is 2.42 bits per heavy atom. The molecule has 4 atom stereocenters. The number of fused-ring (bicyclic) bond motifs is 1. The van der Waals surface area contributed by atoms with Crippen LogP contribution in [0, 0.1) is 22.0 Å². The molecule has 10 nitrogen and oxygen atoms in total. The number of nitrogens with zero attached hydrogens (tertiary/aromatic N) is 2. The van der Waals surface area contributed by atoms with Crippen LogP contribution in [0.3, 0.4) is 0 Å². The van der Waals surface area contributed by atoms with Crippen molar-refractivity contribution >= 4 is 35.2 Å². The molecule has 1 aromatic rings. The molecule has 0 radical (unpaired) electrons. The summed E-state index contributed by atoms with van der Waals surface area (Å²) in [4.78, 5) is 48.7. The van der Waals surface area contributed by atoms with Gasteiger partial charge in [-0.25, -0.2) is 4.79 Å². The summed E-state index contributed by atoms with van der Waals surface area (Å²) in [6.07, 6.45) is 0.634.